The Balaban J connectivity index is 1.34. The average Bonchev–Trinajstić information content (AvgIpc) is 3.28. The summed E-state index contributed by atoms with van der Waals surface area (Å²) in [6.07, 6.45) is 11.8. The van der Waals surface area contributed by atoms with E-state index in [2.05, 4.69) is 35.6 Å². The maximum atomic E-state index is 12.6. The summed E-state index contributed by atoms with van der Waals surface area (Å²) < 4.78 is 0. The molecule has 0 radical (unpaired) electrons. The van der Waals surface area contributed by atoms with Crippen LogP contribution in [0.3, 0.4) is 0 Å². The summed E-state index contributed by atoms with van der Waals surface area (Å²) in [4.78, 5) is 37.2. The first-order valence-electron chi connectivity index (χ1n) is 10.8. The molecule has 4 aromatic heterocycles. The van der Waals surface area contributed by atoms with E-state index in [9.17, 15) is 4.79 Å². The van der Waals surface area contributed by atoms with E-state index in [1.807, 2.05) is 50.4 Å². The van der Waals surface area contributed by atoms with Crippen LogP contribution >= 0.6 is 0 Å². The van der Waals surface area contributed by atoms with Gasteiger partial charge in [0.15, 0.2) is 5.65 Å². The standard InChI is InChI=1S/C25H22N8O/c1-15-6-18(9-26-8-15)25(34)32-20-5-3-4-17(7-20)16(2)31-22-13-30-24-23(33-22)21(12-29-24)19-10-27-14-28-11-19/h3-14,16H,1-2H3,(H,29,30)(H,31,33)(H,32,34)/t16-/m0/s1. The maximum absolute atomic E-state index is 12.6. The molecule has 9 nitrogen and oxygen atoms in total. The molecule has 1 atom stereocenters. The Morgan fingerprint density at radius 1 is 1.03 bits per heavy atom. The second-order valence-corrected chi connectivity index (χ2v) is 7.98. The molecule has 9 heteroatoms. The summed E-state index contributed by atoms with van der Waals surface area (Å²) in [6.45, 7) is 3.93. The second-order valence-electron chi connectivity index (χ2n) is 7.98. The molecule has 4 heterocycles. The largest absolute Gasteiger partial charge is 0.362 e. The van der Waals surface area contributed by atoms with Gasteiger partial charge >= 0.3 is 0 Å². The number of fused-ring (bicyclic) bond motifs is 1. The van der Waals surface area contributed by atoms with Crippen molar-refractivity contribution in [1.29, 1.82) is 0 Å². The van der Waals surface area contributed by atoms with Crippen LogP contribution in [0.4, 0.5) is 11.5 Å². The summed E-state index contributed by atoms with van der Waals surface area (Å²) in [6, 6.07) is 9.43. The lowest BCUT2D eigenvalue weighted by atomic mass is 10.1. The van der Waals surface area contributed by atoms with E-state index in [-0.39, 0.29) is 11.9 Å². The van der Waals surface area contributed by atoms with E-state index in [0.29, 0.717) is 22.7 Å². The quantitative estimate of drug-likeness (QED) is 0.347. The van der Waals surface area contributed by atoms with Gasteiger partial charge in [0, 0.05) is 47.8 Å². The highest BCUT2D eigenvalue weighted by molar-refractivity contribution is 6.04. The fraction of sp³-hybridized carbons (Fsp3) is 0.120. The van der Waals surface area contributed by atoms with Gasteiger partial charge < -0.3 is 15.6 Å². The Bertz CT molecular complexity index is 1460. The zero-order valence-corrected chi connectivity index (χ0v) is 18.6. The molecule has 0 unspecified atom stereocenters. The number of H-pyrrole nitrogens is 1. The number of carbonyl (C=O) groups excluding carboxylic acids is 1. The molecule has 168 valence electrons. The number of benzene rings is 1. The summed E-state index contributed by atoms with van der Waals surface area (Å²) >= 11 is 0. The molecule has 0 saturated carbocycles. The molecule has 0 aliphatic rings. The van der Waals surface area contributed by atoms with Crippen LogP contribution in [0.15, 0.2) is 73.8 Å². The van der Waals surface area contributed by atoms with Crippen molar-refractivity contribution in [3.63, 3.8) is 0 Å². The number of aryl methyl sites for hydroxylation is 1. The third-order valence-electron chi connectivity index (χ3n) is 5.40. The van der Waals surface area contributed by atoms with Crippen molar-refractivity contribution < 1.29 is 4.79 Å². The number of carbonyl (C=O) groups is 1. The predicted molar refractivity (Wildman–Crippen MR) is 130 cm³/mol. The van der Waals surface area contributed by atoms with Gasteiger partial charge in [-0.3, -0.25) is 9.78 Å². The Kier molecular flexibility index (Phi) is 5.65. The van der Waals surface area contributed by atoms with Crippen LogP contribution in [0.25, 0.3) is 22.3 Å². The molecule has 1 amide bonds. The van der Waals surface area contributed by atoms with Crippen LogP contribution in [0.1, 0.15) is 34.5 Å². The molecule has 5 aromatic rings. The van der Waals surface area contributed by atoms with Gasteiger partial charge in [-0.15, -0.1) is 0 Å². The molecular weight excluding hydrogens is 428 g/mol. The minimum absolute atomic E-state index is 0.0771. The number of hydrogen-bond acceptors (Lipinski definition) is 7. The van der Waals surface area contributed by atoms with Gasteiger partial charge in [0.25, 0.3) is 5.91 Å². The number of nitrogens with zero attached hydrogens (tertiary/aromatic N) is 5. The minimum atomic E-state index is -0.199. The molecule has 34 heavy (non-hydrogen) atoms. The van der Waals surface area contributed by atoms with Crippen LogP contribution in [0, 0.1) is 6.92 Å². The van der Waals surface area contributed by atoms with E-state index < -0.39 is 0 Å². The lowest BCUT2D eigenvalue weighted by Gasteiger charge is -2.16. The highest BCUT2D eigenvalue weighted by Gasteiger charge is 2.13. The topological polar surface area (TPSA) is 121 Å². The second kappa shape index (κ2) is 9.07. The lowest BCUT2D eigenvalue weighted by Crippen LogP contribution is -2.13. The molecule has 0 bridgehead atoms. The van der Waals surface area contributed by atoms with E-state index in [1.165, 1.54) is 6.33 Å². The number of anilines is 2. The molecular formula is C25H22N8O. The zero-order chi connectivity index (χ0) is 23.5. The maximum Gasteiger partial charge on any atom is 0.257 e. The van der Waals surface area contributed by atoms with Crippen molar-refractivity contribution >= 4 is 28.6 Å². The number of hydrogen-bond donors (Lipinski definition) is 3. The molecule has 0 aliphatic heterocycles. The highest BCUT2D eigenvalue weighted by Crippen LogP contribution is 2.27. The zero-order valence-electron chi connectivity index (χ0n) is 18.6. The summed E-state index contributed by atoms with van der Waals surface area (Å²) in [5, 5.41) is 6.34. The van der Waals surface area contributed by atoms with E-state index >= 15 is 0 Å². The average molecular weight is 451 g/mol. The monoisotopic (exact) mass is 450 g/mol. The number of nitrogens with one attached hydrogen (secondary N) is 3. The molecule has 3 N–H and O–H groups in total. The number of aromatic nitrogens is 6. The van der Waals surface area contributed by atoms with Gasteiger partial charge in [-0.1, -0.05) is 12.1 Å². The Morgan fingerprint density at radius 2 is 1.88 bits per heavy atom. The number of pyridine rings is 1. The Hall–Kier alpha value is -4.66. The summed E-state index contributed by atoms with van der Waals surface area (Å²) in [7, 11) is 0. The van der Waals surface area contributed by atoms with Gasteiger partial charge in [-0.2, -0.15) is 0 Å². The Labute approximate surface area is 195 Å². The van der Waals surface area contributed by atoms with Gasteiger partial charge in [0.1, 0.15) is 17.7 Å². The molecule has 1 aromatic carbocycles. The van der Waals surface area contributed by atoms with E-state index in [4.69, 9.17) is 4.98 Å². The van der Waals surface area contributed by atoms with Crippen LogP contribution in [0.2, 0.25) is 0 Å². The van der Waals surface area contributed by atoms with E-state index in [1.54, 1.807) is 31.0 Å². The van der Waals surface area contributed by atoms with Crippen LogP contribution in [0.5, 0.6) is 0 Å². The minimum Gasteiger partial charge on any atom is -0.362 e. The van der Waals surface area contributed by atoms with Crippen LogP contribution < -0.4 is 10.6 Å². The number of aromatic amines is 1. The normalized spacial score (nSPS) is 11.8. The van der Waals surface area contributed by atoms with E-state index in [0.717, 1.165) is 27.8 Å². The molecule has 0 aliphatic carbocycles. The van der Waals surface area contributed by atoms with Gasteiger partial charge in [0.2, 0.25) is 0 Å². The van der Waals surface area contributed by atoms with Crippen molar-refractivity contribution in [3.8, 4) is 11.1 Å². The third-order valence-corrected chi connectivity index (χ3v) is 5.40. The van der Waals surface area contributed by atoms with Gasteiger partial charge in [-0.05, 0) is 43.2 Å². The number of amides is 1. The smallest absolute Gasteiger partial charge is 0.257 e. The van der Waals surface area contributed by atoms with Crippen molar-refractivity contribution in [2.24, 2.45) is 0 Å². The summed E-state index contributed by atoms with van der Waals surface area (Å²) in [5.74, 6) is 0.438. The van der Waals surface area contributed by atoms with Crippen molar-refractivity contribution in [1.82, 2.24) is 29.9 Å². The van der Waals surface area contributed by atoms with Crippen molar-refractivity contribution in [2.75, 3.05) is 10.6 Å². The van der Waals surface area contributed by atoms with Crippen molar-refractivity contribution in [3.05, 3.63) is 90.5 Å². The first kappa shape index (κ1) is 21.2. The summed E-state index contributed by atoms with van der Waals surface area (Å²) in [5.41, 5.74) is 6.32. The highest BCUT2D eigenvalue weighted by atomic mass is 16.1. The third kappa shape index (κ3) is 4.44. The molecule has 0 fully saturated rings. The van der Waals surface area contributed by atoms with Crippen molar-refractivity contribution in [2.45, 2.75) is 19.9 Å². The van der Waals surface area contributed by atoms with Crippen LogP contribution in [-0.4, -0.2) is 35.8 Å². The molecule has 5 rings (SSSR count). The lowest BCUT2D eigenvalue weighted by molar-refractivity contribution is 0.102. The fourth-order valence-corrected chi connectivity index (χ4v) is 3.69. The van der Waals surface area contributed by atoms with Gasteiger partial charge in [0.05, 0.1) is 17.8 Å². The molecule has 0 spiro atoms. The first-order valence-corrected chi connectivity index (χ1v) is 10.8. The first-order chi connectivity index (χ1) is 16.6. The molecule has 0 saturated heterocycles. The van der Waals surface area contributed by atoms with Gasteiger partial charge in [-0.25, -0.2) is 19.9 Å². The number of rotatable bonds is 6. The Morgan fingerprint density at radius 3 is 2.71 bits per heavy atom. The fourth-order valence-electron chi connectivity index (χ4n) is 3.69. The SMILES string of the molecule is Cc1cncc(C(=O)Nc2cccc([C@H](C)Nc3cnc4[nH]cc(-c5cncnc5)c4n3)c2)c1. The van der Waals surface area contributed by atoms with Crippen LogP contribution in [-0.2, 0) is 0 Å². The predicted octanol–water partition coefficient (Wildman–Crippen LogP) is 4.54.